The number of nitrogens with one attached hydrogen (secondary N) is 1. The highest BCUT2D eigenvalue weighted by molar-refractivity contribution is 5.76. The zero-order valence-corrected chi connectivity index (χ0v) is 19.1. The van der Waals surface area contributed by atoms with Crippen molar-refractivity contribution in [1.29, 1.82) is 5.26 Å². The van der Waals surface area contributed by atoms with E-state index in [9.17, 15) is 4.79 Å². The van der Waals surface area contributed by atoms with Gasteiger partial charge < -0.3 is 5.32 Å². The number of benzene rings is 1. The fourth-order valence-corrected chi connectivity index (χ4v) is 4.48. The van der Waals surface area contributed by atoms with Crippen LogP contribution in [0.4, 0.5) is 0 Å². The average Bonchev–Trinajstić information content (AvgIpc) is 3.05. The Labute approximate surface area is 186 Å². The Morgan fingerprint density at radius 3 is 2.65 bits per heavy atom. The van der Waals surface area contributed by atoms with E-state index in [0.717, 1.165) is 36.0 Å². The average molecular weight is 422 g/mol. The molecule has 2 aromatic rings. The minimum absolute atomic E-state index is 0.0786. The minimum atomic E-state index is 0.0786. The van der Waals surface area contributed by atoms with Crippen molar-refractivity contribution in [3.05, 3.63) is 52.8 Å². The van der Waals surface area contributed by atoms with Gasteiger partial charge in [0.2, 0.25) is 5.91 Å². The van der Waals surface area contributed by atoms with Gasteiger partial charge in [0.05, 0.1) is 30.8 Å². The van der Waals surface area contributed by atoms with Crippen molar-refractivity contribution in [2.24, 2.45) is 5.92 Å². The van der Waals surface area contributed by atoms with Crippen molar-refractivity contribution in [3.63, 3.8) is 0 Å². The first-order valence-corrected chi connectivity index (χ1v) is 11.4. The third-order valence-corrected chi connectivity index (χ3v) is 6.50. The van der Waals surface area contributed by atoms with Crippen LogP contribution < -0.4 is 5.32 Å². The molecule has 0 radical (unpaired) electrons. The highest BCUT2D eigenvalue weighted by atomic mass is 16.1. The zero-order chi connectivity index (χ0) is 22.2. The smallest absolute Gasteiger partial charge is 0.220 e. The van der Waals surface area contributed by atoms with Gasteiger partial charge in [0, 0.05) is 18.7 Å². The summed E-state index contributed by atoms with van der Waals surface area (Å²) in [6.45, 7) is 9.72. The summed E-state index contributed by atoms with van der Waals surface area (Å²) in [7, 11) is 0. The van der Waals surface area contributed by atoms with E-state index in [1.54, 1.807) is 0 Å². The maximum absolute atomic E-state index is 12.7. The maximum Gasteiger partial charge on any atom is 0.220 e. The Bertz CT molecular complexity index is 891. The second-order valence-electron chi connectivity index (χ2n) is 8.73. The Balaban J connectivity index is 1.58. The monoisotopic (exact) mass is 421 g/mol. The molecule has 0 bridgehead atoms. The molecule has 1 amide bonds. The Kier molecular flexibility index (Phi) is 8.25. The number of hydrogen-bond donors (Lipinski definition) is 1. The van der Waals surface area contributed by atoms with Crippen LogP contribution in [0.25, 0.3) is 0 Å². The fraction of sp³-hybridized carbons (Fsp3) is 0.560. The summed E-state index contributed by atoms with van der Waals surface area (Å²) in [6.07, 6.45) is 3.99. The molecule has 6 nitrogen and oxygen atoms in total. The van der Waals surface area contributed by atoms with E-state index in [4.69, 9.17) is 5.26 Å². The van der Waals surface area contributed by atoms with E-state index in [0.29, 0.717) is 32.4 Å². The highest BCUT2D eigenvalue weighted by Crippen LogP contribution is 2.26. The lowest BCUT2D eigenvalue weighted by atomic mass is 9.95. The number of rotatable bonds is 9. The van der Waals surface area contributed by atoms with Gasteiger partial charge in [0.15, 0.2) is 0 Å². The first-order chi connectivity index (χ1) is 15.0. The second-order valence-corrected chi connectivity index (χ2v) is 8.73. The minimum Gasteiger partial charge on any atom is -0.354 e. The number of nitriles is 1. The van der Waals surface area contributed by atoms with Crippen LogP contribution in [-0.2, 0) is 17.8 Å². The Morgan fingerprint density at radius 1 is 1.26 bits per heavy atom. The highest BCUT2D eigenvalue weighted by Gasteiger charge is 2.25. The molecular formula is C25H35N5O. The molecule has 0 aliphatic carbocycles. The largest absolute Gasteiger partial charge is 0.354 e. The molecule has 1 unspecified atom stereocenters. The molecule has 0 saturated carbocycles. The van der Waals surface area contributed by atoms with Gasteiger partial charge in [-0.3, -0.25) is 14.4 Å². The molecule has 1 aromatic carbocycles. The van der Waals surface area contributed by atoms with Crippen molar-refractivity contribution < 1.29 is 4.79 Å². The molecular weight excluding hydrogens is 386 g/mol. The SMILES string of the molecule is Cc1nn(CCC#N)c(C)c1CCC(=O)NCC(c1ccccc1)N1CCC(C)CC1. The summed E-state index contributed by atoms with van der Waals surface area (Å²) >= 11 is 0. The molecule has 1 aliphatic heterocycles. The molecule has 31 heavy (non-hydrogen) atoms. The quantitative estimate of drug-likeness (QED) is 0.666. The van der Waals surface area contributed by atoms with E-state index >= 15 is 0 Å². The van der Waals surface area contributed by atoms with Gasteiger partial charge in [-0.1, -0.05) is 37.3 Å². The van der Waals surface area contributed by atoms with E-state index < -0.39 is 0 Å². The number of likely N-dealkylation sites (tertiary alicyclic amines) is 1. The molecule has 0 spiro atoms. The number of piperidine rings is 1. The molecule has 3 rings (SSSR count). The fourth-order valence-electron chi connectivity index (χ4n) is 4.48. The topological polar surface area (TPSA) is 73.9 Å². The normalized spacial score (nSPS) is 16.1. The van der Waals surface area contributed by atoms with Gasteiger partial charge >= 0.3 is 0 Å². The van der Waals surface area contributed by atoms with Crippen molar-refractivity contribution in [2.75, 3.05) is 19.6 Å². The molecule has 1 aromatic heterocycles. The molecule has 1 atom stereocenters. The molecule has 166 valence electrons. The summed E-state index contributed by atoms with van der Waals surface area (Å²) in [5, 5.41) is 16.5. The number of amides is 1. The van der Waals surface area contributed by atoms with Gasteiger partial charge in [-0.2, -0.15) is 10.4 Å². The van der Waals surface area contributed by atoms with E-state index in [1.165, 1.54) is 18.4 Å². The maximum atomic E-state index is 12.7. The summed E-state index contributed by atoms with van der Waals surface area (Å²) in [5.74, 6) is 0.859. The number of carbonyl (C=O) groups excluding carboxylic acids is 1. The van der Waals surface area contributed by atoms with Gasteiger partial charge in [-0.25, -0.2) is 0 Å². The van der Waals surface area contributed by atoms with Crippen LogP contribution in [0.2, 0.25) is 0 Å². The van der Waals surface area contributed by atoms with Gasteiger partial charge in [-0.15, -0.1) is 0 Å². The van der Waals surface area contributed by atoms with Crippen LogP contribution in [-0.4, -0.2) is 40.2 Å². The van der Waals surface area contributed by atoms with Crippen LogP contribution in [0.3, 0.4) is 0 Å². The van der Waals surface area contributed by atoms with Gasteiger partial charge in [0.1, 0.15) is 0 Å². The lowest BCUT2D eigenvalue weighted by Gasteiger charge is -2.37. The van der Waals surface area contributed by atoms with Crippen LogP contribution in [0.15, 0.2) is 30.3 Å². The first-order valence-electron chi connectivity index (χ1n) is 11.4. The standard InChI is InChI=1S/C25H35N5O/c1-19-12-16-29(17-13-19)24(22-8-5-4-6-9-22)18-27-25(31)11-10-23-20(2)28-30(21(23)3)15-7-14-26/h4-6,8-9,19,24H,7,10-13,15-18H2,1-3H3,(H,27,31). The third kappa shape index (κ3) is 6.18. The third-order valence-electron chi connectivity index (χ3n) is 6.50. The zero-order valence-electron chi connectivity index (χ0n) is 19.1. The summed E-state index contributed by atoms with van der Waals surface area (Å²) in [4.78, 5) is 15.2. The Morgan fingerprint density at radius 2 is 1.97 bits per heavy atom. The van der Waals surface area contributed by atoms with Crippen LogP contribution in [0.5, 0.6) is 0 Å². The molecule has 1 saturated heterocycles. The molecule has 1 N–H and O–H groups in total. The van der Waals surface area contributed by atoms with Crippen LogP contribution in [0.1, 0.15) is 61.2 Å². The molecule has 2 heterocycles. The van der Waals surface area contributed by atoms with E-state index in [2.05, 4.69) is 52.6 Å². The number of carbonyl (C=O) groups is 1. The van der Waals surface area contributed by atoms with Gasteiger partial charge in [0.25, 0.3) is 0 Å². The van der Waals surface area contributed by atoms with Crippen molar-refractivity contribution in [1.82, 2.24) is 20.0 Å². The summed E-state index contributed by atoms with van der Waals surface area (Å²) in [5.41, 5.74) is 4.40. The van der Waals surface area contributed by atoms with E-state index in [-0.39, 0.29) is 11.9 Å². The summed E-state index contributed by atoms with van der Waals surface area (Å²) < 4.78 is 1.88. The lowest BCUT2D eigenvalue weighted by molar-refractivity contribution is -0.121. The number of aromatic nitrogens is 2. The van der Waals surface area contributed by atoms with Crippen molar-refractivity contribution >= 4 is 5.91 Å². The second kappa shape index (κ2) is 11.1. The number of aryl methyl sites for hydroxylation is 2. The van der Waals surface area contributed by atoms with Crippen molar-refractivity contribution in [2.45, 2.75) is 65.5 Å². The number of hydrogen-bond acceptors (Lipinski definition) is 4. The molecule has 1 aliphatic rings. The van der Waals surface area contributed by atoms with E-state index in [1.807, 2.05) is 24.6 Å². The lowest BCUT2D eigenvalue weighted by Crippen LogP contribution is -2.42. The molecule has 6 heteroatoms. The van der Waals surface area contributed by atoms with Crippen LogP contribution in [0, 0.1) is 31.1 Å². The number of nitrogens with zero attached hydrogens (tertiary/aromatic N) is 4. The predicted molar refractivity (Wildman–Crippen MR) is 122 cm³/mol. The van der Waals surface area contributed by atoms with Gasteiger partial charge in [-0.05, 0) is 63.2 Å². The first kappa shape index (κ1) is 23.0. The van der Waals surface area contributed by atoms with Crippen molar-refractivity contribution in [3.8, 4) is 6.07 Å². The molecule has 1 fully saturated rings. The predicted octanol–water partition coefficient (Wildman–Crippen LogP) is 3.94. The Hall–Kier alpha value is -2.65. The summed E-state index contributed by atoms with van der Waals surface area (Å²) in [6, 6.07) is 12.9. The van der Waals surface area contributed by atoms with Crippen LogP contribution >= 0.6 is 0 Å².